The maximum atomic E-state index is 6.09. The Labute approximate surface area is 107 Å². The first kappa shape index (κ1) is 14.4. The van der Waals surface area contributed by atoms with Crippen LogP contribution >= 0.6 is 11.6 Å². The highest BCUT2D eigenvalue weighted by Gasteiger charge is 2.21. The van der Waals surface area contributed by atoms with Gasteiger partial charge in [-0.05, 0) is 38.8 Å². The van der Waals surface area contributed by atoms with Crippen LogP contribution in [0.3, 0.4) is 0 Å². The van der Waals surface area contributed by atoms with Crippen molar-refractivity contribution >= 4 is 11.6 Å². The highest BCUT2D eigenvalue weighted by molar-refractivity contribution is 6.31. The minimum atomic E-state index is -0.170. The van der Waals surface area contributed by atoms with Gasteiger partial charge >= 0.3 is 0 Å². The number of nitrogens with zero attached hydrogens (tertiary/aromatic N) is 1. The summed E-state index contributed by atoms with van der Waals surface area (Å²) in [6.45, 7) is 4.08. The lowest BCUT2D eigenvalue weighted by Crippen LogP contribution is -2.31. The molecule has 3 N–H and O–H groups in total. The normalized spacial score (nSPS) is 13.7. The molecule has 1 unspecified atom stereocenters. The van der Waals surface area contributed by atoms with Crippen molar-refractivity contribution in [3.8, 4) is 0 Å². The minimum absolute atomic E-state index is 0.0573. The number of hydrazine groups is 1. The van der Waals surface area contributed by atoms with Crippen LogP contribution < -0.4 is 11.3 Å². The van der Waals surface area contributed by atoms with Gasteiger partial charge in [0.05, 0.1) is 22.4 Å². The van der Waals surface area contributed by atoms with Crippen LogP contribution in [0.1, 0.15) is 38.4 Å². The van der Waals surface area contributed by atoms with E-state index in [-0.39, 0.29) is 11.6 Å². The zero-order chi connectivity index (χ0) is 12.9. The number of rotatable bonds is 6. The molecule has 0 bridgehead atoms. The van der Waals surface area contributed by atoms with Crippen molar-refractivity contribution < 1.29 is 4.74 Å². The molecule has 0 fully saturated rings. The van der Waals surface area contributed by atoms with E-state index < -0.39 is 0 Å². The van der Waals surface area contributed by atoms with Crippen LogP contribution in [0.25, 0.3) is 0 Å². The third-order valence-corrected chi connectivity index (χ3v) is 3.23. The Hall–Kier alpha value is -0.680. The summed E-state index contributed by atoms with van der Waals surface area (Å²) in [4.78, 5) is 4.26. The van der Waals surface area contributed by atoms with Crippen LogP contribution in [0.2, 0.25) is 5.02 Å². The zero-order valence-corrected chi connectivity index (χ0v) is 11.3. The monoisotopic (exact) mass is 257 g/mol. The molecule has 0 radical (unpaired) electrons. The van der Waals surface area contributed by atoms with E-state index in [4.69, 9.17) is 22.2 Å². The van der Waals surface area contributed by atoms with Gasteiger partial charge in [0.15, 0.2) is 0 Å². The second-order valence-corrected chi connectivity index (χ2v) is 5.00. The first-order chi connectivity index (χ1) is 8.00. The molecule has 96 valence electrons. The number of halogens is 1. The van der Waals surface area contributed by atoms with Gasteiger partial charge in [0.2, 0.25) is 0 Å². The molecule has 5 heteroatoms. The Balaban J connectivity index is 2.70. The summed E-state index contributed by atoms with van der Waals surface area (Å²) in [5.41, 5.74) is 3.36. The molecule has 17 heavy (non-hydrogen) atoms. The quantitative estimate of drug-likeness (QED) is 0.607. The number of nitrogens with two attached hydrogens (primary N) is 1. The van der Waals surface area contributed by atoms with Crippen molar-refractivity contribution in [2.75, 3.05) is 7.11 Å². The van der Waals surface area contributed by atoms with E-state index in [0.29, 0.717) is 5.02 Å². The summed E-state index contributed by atoms with van der Waals surface area (Å²) in [7, 11) is 1.71. The number of methoxy groups -OCH3 is 1. The van der Waals surface area contributed by atoms with E-state index in [1.54, 1.807) is 19.4 Å². The molecule has 0 aliphatic heterocycles. The number of hydrogen-bond acceptors (Lipinski definition) is 4. The molecule has 0 saturated heterocycles. The van der Waals surface area contributed by atoms with Gasteiger partial charge in [-0.1, -0.05) is 11.6 Å². The van der Waals surface area contributed by atoms with E-state index in [9.17, 15) is 0 Å². The lowest BCUT2D eigenvalue weighted by Gasteiger charge is -2.25. The van der Waals surface area contributed by atoms with Crippen LogP contribution in [-0.4, -0.2) is 17.7 Å². The van der Waals surface area contributed by atoms with Crippen LogP contribution in [0.4, 0.5) is 0 Å². The van der Waals surface area contributed by atoms with Crippen molar-refractivity contribution in [2.45, 2.75) is 38.3 Å². The minimum Gasteiger partial charge on any atom is -0.379 e. The molecule has 0 aliphatic rings. The predicted molar refractivity (Wildman–Crippen MR) is 69.6 cm³/mol. The molecule has 4 nitrogen and oxygen atoms in total. The van der Waals surface area contributed by atoms with Crippen LogP contribution in [-0.2, 0) is 4.74 Å². The summed E-state index contributed by atoms with van der Waals surface area (Å²) >= 11 is 6.09. The second-order valence-electron chi connectivity index (χ2n) is 4.59. The largest absolute Gasteiger partial charge is 0.379 e. The van der Waals surface area contributed by atoms with Gasteiger partial charge in [-0.2, -0.15) is 0 Å². The highest BCUT2D eigenvalue weighted by atomic mass is 35.5. The lowest BCUT2D eigenvalue weighted by atomic mass is 9.97. The number of hydrogen-bond donors (Lipinski definition) is 2. The number of pyridine rings is 1. The average molecular weight is 258 g/mol. The number of nitrogens with one attached hydrogen (secondary N) is 1. The van der Waals surface area contributed by atoms with Gasteiger partial charge in [-0.15, -0.1) is 0 Å². The molecule has 1 rings (SSSR count). The summed E-state index contributed by atoms with van der Waals surface area (Å²) in [5.74, 6) is 5.56. The average Bonchev–Trinajstić information content (AvgIpc) is 2.32. The van der Waals surface area contributed by atoms with Crippen molar-refractivity contribution in [1.82, 2.24) is 10.4 Å². The van der Waals surface area contributed by atoms with Crippen molar-refractivity contribution in [3.63, 3.8) is 0 Å². The first-order valence-corrected chi connectivity index (χ1v) is 5.99. The van der Waals surface area contributed by atoms with Gasteiger partial charge in [0.1, 0.15) is 0 Å². The van der Waals surface area contributed by atoms with Crippen molar-refractivity contribution in [2.24, 2.45) is 5.84 Å². The van der Waals surface area contributed by atoms with Crippen molar-refractivity contribution in [3.05, 3.63) is 29.0 Å². The second kappa shape index (κ2) is 6.31. The Morgan fingerprint density at radius 1 is 1.59 bits per heavy atom. The molecule has 0 aromatic carbocycles. The Morgan fingerprint density at radius 3 is 2.82 bits per heavy atom. The third-order valence-electron chi connectivity index (χ3n) is 2.91. The molecular formula is C12H20ClN3O. The fraction of sp³-hybridized carbons (Fsp3) is 0.583. The lowest BCUT2D eigenvalue weighted by molar-refractivity contribution is 0.0116. The van der Waals surface area contributed by atoms with E-state index >= 15 is 0 Å². The van der Waals surface area contributed by atoms with Gasteiger partial charge in [0.25, 0.3) is 0 Å². The van der Waals surface area contributed by atoms with Gasteiger partial charge in [0, 0.05) is 13.3 Å². The molecular weight excluding hydrogens is 238 g/mol. The molecule has 0 aliphatic carbocycles. The molecule has 1 atom stereocenters. The fourth-order valence-electron chi connectivity index (χ4n) is 1.55. The summed E-state index contributed by atoms with van der Waals surface area (Å²) in [5, 5.41) is 0.630. The van der Waals surface area contributed by atoms with E-state index in [1.165, 1.54) is 0 Å². The molecule has 0 spiro atoms. The molecule has 0 amide bonds. The Morgan fingerprint density at radius 2 is 2.29 bits per heavy atom. The highest BCUT2D eigenvalue weighted by Crippen LogP contribution is 2.26. The molecule has 1 heterocycles. The van der Waals surface area contributed by atoms with E-state index in [1.807, 2.05) is 19.9 Å². The van der Waals surface area contributed by atoms with Crippen LogP contribution in [0.5, 0.6) is 0 Å². The van der Waals surface area contributed by atoms with E-state index in [0.717, 1.165) is 18.5 Å². The van der Waals surface area contributed by atoms with Crippen molar-refractivity contribution in [1.29, 1.82) is 0 Å². The summed E-state index contributed by atoms with van der Waals surface area (Å²) in [6.07, 6.45) is 3.40. The maximum Gasteiger partial charge on any atom is 0.0772 e. The van der Waals surface area contributed by atoms with Gasteiger partial charge in [-0.25, -0.2) is 0 Å². The SMILES string of the molecule is COC(C)(C)CCC(NN)c1ncccc1Cl. The number of aromatic nitrogens is 1. The molecule has 1 aromatic heterocycles. The summed E-state index contributed by atoms with van der Waals surface area (Å²) in [6, 6.07) is 3.56. The Kier molecular flexibility index (Phi) is 5.33. The molecule has 0 saturated carbocycles. The van der Waals surface area contributed by atoms with Crippen LogP contribution in [0, 0.1) is 0 Å². The number of ether oxygens (including phenoxy) is 1. The third kappa shape index (κ3) is 4.24. The standard InChI is InChI=1S/C12H20ClN3O/c1-12(2,17-3)7-6-10(16-14)11-9(13)5-4-8-15-11/h4-5,8,10,16H,6-7,14H2,1-3H3. The zero-order valence-electron chi connectivity index (χ0n) is 10.5. The predicted octanol–water partition coefficient (Wildman–Crippen LogP) is 2.44. The summed E-state index contributed by atoms with van der Waals surface area (Å²) < 4.78 is 5.38. The van der Waals surface area contributed by atoms with Crippen LogP contribution in [0.15, 0.2) is 18.3 Å². The topological polar surface area (TPSA) is 60.2 Å². The maximum absolute atomic E-state index is 6.09. The first-order valence-electron chi connectivity index (χ1n) is 5.62. The van der Waals surface area contributed by atoms with Gasteiger partial charge < -0.3 is 4.74 Å². The Bertz CT molecular complexity index is 357. The fourth-order valence-corrected chi connectivity index (χ4v) is 1.80. The molecule has 1 aromatic rings. The smallest absolute Gasteiger partial charge is 0.0772 e. The van der Waals surface area contributed by atoms with E-state index in [2.05, 4.69) is 10.4 Å². The van der Waals surface area contributed by atoms with Gasteiger partial charge in [-0.3, -0.25) is 16.3 Å².